The molecule has 5 rings (SSSR count). The van der Waals surface area contributed by atoms with Crippen LogP contribution in [0.15, 0.2) is 77.3 Å². The Hall–Kier alpha value is -3.67. The predicted octanol–water partition coefficient (Wildman–Crippen LogP) is 11.3. The van der Waals surface area contributed by atoms with E-state index >= 15 is 0 Å². The number of nitrogens with zero attached hydrogens (tertiary/aromatic N) is 3. The zero-order valence-corrected chi connectivity index (χ0v) is 33.0. The van der Waals surface area contributed by atoms with Crippen molar-refractivity contribution in [1.29, 1.82) is 0 Å². The molecule has 0 aliphatic rings. The molecule has 0 fully saturated rings. The molecule has 0 saturated heterocycles. The molecule has 0 saturated carbocycles. The summed E-state index contributed by atoms with van der Waals surface area (Å²) >= 11 is 0. The molecule has 1 N–H and O–H groups in total. The first-order chi connectivity index (χ1) is 22.9. The van der Waals surface area contributed by atoms with Crippen LogP contribution in [0.1, 0.15) is 99.3 Å². The van der Waals surface area contributed by atoms with Gasteiger partial charge in [-0.1, -0.05) is 91.5 Å². The summed E-state index contributed by atoms with van der Waals surface area (Å²) in [5, 5.41) is 13.1. The molecule has 6 nitrogen and oxygen atoms in total. The number of rotatable bonds is 11. The Morgan fingerprint density at radius 3 is 2.16 bits per heavy atom. The van der Waals surface area contributed by atoms with Crippen molar-refractivity contribution in [3.63, 3.8) is 0 Å². The zero-order valence-electron chi connectivity index (χ0n) is 30.6. The SMILES string of the molecule is CC(C)Cc1cc2c(-c3cc(-c4[c-]c5ccccc5c(C(C)(C)C)c4)ncn3)nccc2o1.CCC(CC)C(=O)/C=C(\O)C(CC)CC.[Ir]. The summed E-state index contributed by atoms with van der Waals surface area (Å²) in [5.41, 5.74) is 5.50. The maximum atomic E-state index is 11.7. The van der Waals surface area contributed by atoms with Gasteiger partial charge in [-0.25, -0.2) is 4.98 Å². The van der Waals surface area contributed by atoms with Crippen LogP contribution in [0.5, 0.6) is 0 Å². The number of aliphatic hydroxyl groups excluding tert-OH is 1. The third-order valence-electron chi connectivity index (χ3n) is 8.96. The van der Waals surface area contributed by atoms with E-state index in [4.69, 9.17) is 4.42 Å². The number of carbonyl (C=O) groups excluding carboxylic acids is 1. The smallest absolute Gasteiger partial charge is 0.162 e. The van der Waals surface area contributed by atoms with E-state index in [-0.39, 0.29) is 48.9 Å². The number of ketones is 1. The number of aliphatic hydroxyl groups is 1. The summed E-state index contributed by atoms with van der Waals surface area (Å²) in [6.45, 7) is 19.2. The molecular formula is C42H52IrN3O3-. The van der Waals surface area contributed by atoms with Gasteiger partial charge in [-0.2, -0.15) is 0 Å². The minimum Gasteiger partial charge on any atom is -0.512 e. The molecule has 2 aromatic carbocycles. The number of pyridine rings is 1. The van der Waals surface area contributed by atoms with E-state index < -0.39 is 0 Å². The third-order valence-corrected chi connectivity index (χ3v) is 8.96. The van der Waals surface area contributed by atoms with Crippen molar-refractivity contribution in [2.24, 2.45) is 17.8 Å². The van der Waals surface area contributed by atoms with E-state index in [2.05, 4.69) is 92.0 Å². The number of fused-ring (bicyclic) bond motifs is 2. The number of hydrogen-bond donors (Lipinski definition) is 1. The minimum atomic E-state index is -0.00390. The number of carbonyl (C=O) groups is 1. The van der Waals surface area contributed by atoms with Crippen LogP contribution in [0.4, 0.5) is 0 Å². The van der Waals surface area contributed by atoms with Gasteiger partial charge in [-0.05, 0) is 55.2 Å². The molecule has 0 amide bonds. The normalized spacial score (nSPS) is 12.0. The largest absolute Gasteiger partial charge is 0.512 e. The molecule has 0 unspecified atom stereocenters. The van der Waals surface area contributed by atoms with Crippen LogP contribution < -0.4 is 0 Å². The Morgan fingerprint density at radius 2 is 1.53 bits per heavy atom. The minimum absolute atomic E-state index is 0. The van der Waals surface area contributed by atoms with E-state index in [1.54, 1.807) is 12.5 Å². The summed E-state index contributed by atoms with van der Waals surface area (Å²) in [4.78, 5) is 25.5. The zero-order chi connectivity index (χ0) is 35.0. The molecule has 1 radical (unpaired) electrons. The van der Waals surface area contributed by atoms with Crippen molar-refractivity contribution < 1.29 is 34.4 Å². The summed E-state index contributed by atoms with van der Waals surface area (Å²) in [6.07, 6.45) is 9.19. The second kappa shape index (κ2) is 17.8. The molecule has 263 valence electrons. The molecule has 3 aromatic heterocycles. The maximum Gasteiger partial charge on any atom is 0.162 e. The average Bonchev–Trinajstić information content (AvgIpc) is 3.47. The van der Waals surface area contributed by atoms with Crippen molar-refractivity contribution >= 4 is 27.5 Å². The van der Waals surface area contributed by atoms with E-state index in [1.807, 2.05) is 39.8 Å². The standard InChI is InChI=1S/C29H28N3O.C13H24O2.Ir/c1-18(2)12-21-15-23-27(33-21)10-11-30-28(23)26-16-25(31-17-32-26)20-13-19-8-6-7-9-22(19)24(14-20)29(3,4)5;1-5-10(6-2)12(14)9-13(15)11(7-3)8-4;/h6-11,14-18H,12H2,1-5H3;9-11,14H,5-8H2,1-4H3;/q-1;;/b;12-9-;. The van der Waals surface area contributed by atoms with Gasteiger partial charge in [-0.3, -0.25) is 14.8 Å². The second-order valence-electron chi connectivity index (χ2n) is 14.1. The second-order valence-corrected chi connectivity index (χ2v) is 14.1. The fourth-order valence-corrected chi connectivity index (χ4v) is 6.13. The fourth-order valence-electron chi connectivity index (χ4n) is 6.13. The van der Waals surface area contributed by atoms with Crippen LogP contribution in [0, 0.1) is 23.8 Å². The molecule has 49 heavy (non-hydrogen) atoms. The first-order valence-corrected chi connectivity index (χ1v) is 17.5. The van der Waals surface area contributed by atoms with Gasteiger partial charge in [0.25, 0.3) is 0 Å². The molecule has 0 spiro atoms. The molecule has 3 heterocycles. The van der Waals surface area contributed by atoms with E-state index in [0.29, 0.717) is 5.92 Å². The molecule has 7 heteroatoms. The van der Waals surface area contributed by atoms with Crippen LogP contribution in [-0.4, -0.2) is 25.8 Å². The van der Waals surface area contributed by atoms with Gasteiger partial charge in [0.1, 0.15) is 17.7 Å². The van der Waals surface area contributed by atoms with Crippen molar-refractivity contribution in [3.8, 4) is 22.6 Å². The van der Waals surface area contributed by atoms with E-state index in [0.717, 1.165) is 76.9 Å². The summed E-state index contributed by atoms with van der Waals surface area (Å²) < 4.78 is 6.07. The van der Waals surface area contributed by atoms with Gasteiger partial charge in [-0.15, -0.1) is 29.1 Å². The van der Waals surface area contributed by atoms with Crippen LogP contribution in [0.25, 0.3) is 44.4 Å². The van der Waals surface area contributed by atoms with Gasteiger partial charge in [0.05, 0.1) is 17.1 Å². The molecule has 0 aliphatic carbocycles. The van der Waals surface area contributed by atoms with Gasteiger partial charge in [0, 0.05) is 61.7 Å². The summed E-state index contributed by atoms with van der Waals surface area (Å²) in [7, 11) is 0. The maximum absolute atomic E-state index is 11.7. The first-order valence-electron chi connectivity index (χ1n) is 17.5. The first kappa shape index (κ1) is 39.8. The van der Waals surface area contributed by atoms with Crippen LogP contribution in [0.3, 0.4) is 0 Å². The fraction of sp³-hybridized carbons (Fsp3) is 0.429. The van der Waals surface area contributed by atoms with Gasteiger partial charge in [0.15, 0.2) is 5.78 Å². The average molecular weight is 839 g/mol. The van der Waals surface area contributed by atoms with Crippen molar-refractivity contribution in [2.45, 2.75) is 99.8 Å². The van der Waals surface area contributed by atoms with Crippen molar-refractivity contribution in [3.05, 3.63) is 90.3 Å². The van der Waals surface area contributed by atoms with Crippen LogP contribution >= 0.6 is 0 Å². The number of benzene rings is 2. The molecule has 0 aliphatic heterocycles. The van der Waals surface area contributed by atoms with Gasteiger partial charge >= 0.3 is 0 Å². The number of aromatic nitrogens is 3. The van der Waals surface area contributed by atoms with Gasteiger partial charge < -0.3 is 9.52 Å². The van der Waals surface area contributed by atoms with Crippen molar-refractivity contribution in [2.75, 3.05) is 0 Å². The predicted molar refractivity (Wildman–Crippen MR) is 198 cm³/mol. The molecule has 5 aromatic rings. The molecule has 0 bridgehead atoms. The monoisotopic (exact) mass is 839 g/mol. The Morgan fingerprint density at radius 1 is 0.878 bits per heavy atom. The summed E-state index contributed by atoms with van der Waals surface area (Å²) in [6, 6.07) is 20.2. The van der Waals surface area contributed by atoms with Crippen LogP contribution in [0.2, 0.25) is 0 Å². The van der Waals surface area contributed by atoms with Gasteiger partial charge in [0.2, 0.25) is 0 Å². The number of allylic oxidation sites excluding steroid dienone is 2. The van der Waals surface area contributed by atoms with Crippen molar-refractivity contribution in [1.82, 2.24) is 15.0 Å². The van der Waals surface area contributed by atoms with E-state index in [1.165, 1.54) is 17.0 Å². The topological polar surface area (TPSA) is 89.1 Å². The molecule has 0 atom stereocenters. The Balaban J connectivity index is 0.000000347. The number of furan rings is 1. The quantitative estimate of drug-likeness (QED) is 0.0810. The van der Waals surface area contributed by atoms with E-state index in [9.17, 15) is 9.90 Å². The molecular weight excluding hydrogens is 787 g/mol. The summed E-state index contributed by atoms with van der Waals surface area (Å²) in [5.74, 6) is 2.04. The Kier molecular flexibility index (Phi) is 14.5. The Labute approximate surface area is 306 Å². The van der Waals surface area contributed by atoms with Crippen LogP contribution in [-0.2, 0) is 36.7 Å². The number of hydrogen-bond acceptors (Lipinski definition) is 6. The third kappa shape index (κ3) is 9.95. The Bertz CT molecular complexity index is 1860.